The first-order valence-corrected chi connectivity index (χ1v) is 4.53. The van der Waals surface area contributed by atoms with Crippen molar-refractivity contribution in [2.45, 2.75) is 19.4 Å². The van der Waals surface area contributed by atoms with E-state index in [2.05, 4.69) is 0 Å². The average Bonchev–Trinajstić information content (AvgIpc) is 2.08. The average molecular weight is 205 g/mol. The molecular weight excluding hydrogens is 195 g/mol. The van der Waals surface area contributed by atoms with E-state index in [0.29, 0.717) is 22.0 Å². The predicted molar refractivity (Wildman–Crippen MR) is 51.7 cm³/mol. The summed E-state index contributed by atoms with van der Waals surface area (Å²) < 4.78 is 0. The molecule has 1 aromatic carbocycles. The highest BCUT2D eigenvalue weighted by Crippen LogP contribution is 2.27. The van der Waals surface area contributed by atoms with Gasteiger partial charge in [-0.2, -0.15) is 0 Å². The van der Waals surface area contributed by atoms with Crippen molar-refractivity contribution in [3.8, 4) is 0 Å². The lowest BCUT2D eigenvalue weighted by Crippen LogP contribution is -1.95. The van der Waals surface area contributed by atoms with E-state index in [4.69, 9.17) is 23.2 Å². The van der Waals surface area contributed by atoms with Crippen LogP contribution in [0, 0.1) is 0 Å². The quantitative estimate of drug-likeness (QED) is 0.783. The Balaban J connectivity index is 3.04. The number of hydrogen-bond donors (Lipinski definition) is 1. The fourth-order valence-electron chi connectivity index (χ4n) is 0.990. The molecule has 3 heteroatoms. The van der Waals surface area contributed by atoms with Gasteiger partial charge < -0.3 is 5.11 Å². The van der Waals surface area contributed by atoms with Crippen molar-refractivity contribution in [2.75, 3.05) is 0 Å². The molecule has 0 aliphatic carbocycles. The Hall–Kier alpha value is -0.240. The summed E-state index contributed by atoms with van der Waals surface area (Å²) in [7, 11) is 0. The third kappa shape index (κ3) is 2.13. The van der Waals surface area contributed by atoms with Crippen molar-refractivity contribution in [3.05, 3.63) is 33.8 Å². The van der Waals surface area contributed by atoms with Crippen LogP contribution in [-0.4, -0.2) is 5.11 Å². The van der Waals surface area contributed by atoms with Crippen LogP contribution in [0.1, 0.15) is 25.0 Å². The summed E-state index contributed by atoms with van der Waals surface area (Å²) in [5, 5.41) is 10.7. The lowest BCUT2D eigenvalue weighted by molar-refractivity contribution is 0.174. The van der Waals surface area contributed by atoms with Crippen LogP contribution in [0.25, 0.3) is 0 Å². The number of aliphatic hydroxyl groups is 1. The Labute approximate surface area is 81.9 Å². The van der Waals surface area contributed by atoms with E-state index in [9.17, 15) is 5.11 Å². The highest BCUT2D eigenvalue weighted by Gasteiger charge is 2.09. The summed E-state index contributed by atoms with van der Waals surface area (Å²) in [6.45, 7) is 1.89. The minimum atomic E-state index is -0.517. The summed E-state index contributed by atoms with van der Waals surface area (Å²) >= 11 is 11.6. The number of hydrogen-bond acceptors (Lipinski definition) is 1. The molecule has 0 spiro atoms. The third-order valence-electron chi connectivity index (χ3n) is 1.70. The van der Waals surface area contributed by atoms with Gasteiger partial charge in [0.05, 0.1) is 6.10 Å². The topological polar surface area (TPSA) is 20.2 Å². The van der Waals surface area contributed by atoms with E-state index in [0.717, 1.165) is 0 Å². The highest BCUT2D eigenvalue weighted by molar-refractivity contribution is 6.33. The Bertz CT molecular complexity index is 273. The molecule has 0 aliphatic heterocycles. The zero-order valence-corrected chi connectivity index (χ0v) is 8.23. The van der Waals surface area contributed by atoms with Crippen LogP contribution in [0.4, 0.5) is 0 Å². The molecule has 0 unspecified atom stereocenters. The van der Waals surface area contributed by atoms with Gasteiger partial charge in [0, 0.05) is 15.6 Å². The van der Waals surface area contributed by atoms with E-state index >= 15 is 0 Å². The Kier molecular flexibility index (Phi) is 3.39. The van der Waals surface area contributed by atoms with E-state index in [-0.39, 0.29) is 0 Å². The minimum absolute atomic E-state index is 0.517. The van der Waals surface area contributed by atoms with Crippen LogP contribution in [0.3, 0.4) is 0 Å². The van der Waals surface area contributed by atoms with Gasteiger partial charge in [0.25, 0.3) is 0 Å². The second-order valence-corrected chi connectivity index (χ2v) is 3.43. The Morgan fingerprint density at radius 1 is 1.42 bits per heavy atom. The van der Waals surface area contributed by atoms with Gasteiger partial charge in [0.2, 0.25) is 0 Å². The van der Waals surface area contributed by atoms with Crippen molar-refractivity contribution in [3.63, 3.8) is 0 Å². The molecule has 0 bridgehead atoms. The fourth-order valence-corrected chi connectivity index (χ4v) is 1.41. The minimum Gasteiger partial charge on any atom is -0.388 e. The molecule has 0 saturated heterocycles. The van der Waals surface area contributed by atoms with Gasteiger partial charge in [-0.1, -0.05) is 30.1 Å². The molecule has 1 nitrogen and oxygen atoms in total. The third-order valence-corrected chi connectivity index (χ3v) is 2.28. The molecule has 66 valence electrons. The second-order valence-electron chi connectivity index (χ2n) is 2.59. The molecule has 0 heterocycles. The Morgan fingerprint density at radius 3 is 2.67 bits per heavy atom. The van der Waals surface area contributed by atoms with Crippen LogP contribution in [-0.2, 0) is 0 Å². The van der Waals surface area contributed by atoms with Gasteiger partial charge in [-0.25, -0.2) is 0 Å². The lowest BCUT2D eigenvalue weighted by atomic mass is 10.1. The highest BCUT2D eigenvalue weighted by atomic mass is 35.5. The van der Waals surface area contributed by atoms with Gasteiger partial charge >= 0.3 is 0 Å². The van der Waals surface area contributed by atoms with Crippen molar-refractivity contribution in [1.29, 1.82) is 0 Å². The smallest absolute Gasteiger partial charge is 0.0802 e. The lowest BCUT2D eigenvalue weighted by Gasteiger charge is -2.09. The normalized spacial score (nSPS) is 13.0. The molecule has 1 atom stereocenters. The predicted octanol–water partition coefficient (Wildman–Crippen LogP) is 3.44. The monoisotopic (exact) mass is 204 g/mol. The van der Waals surface area contributed by atoms with E-state index < -0.39 is 6.10 Å². The van der Waals surface area contributed by atoms with Crippen molar-refractivity contribution in [1.82, 2.24) is 0 Å². The molecule has 1 aromatic rings. The van der Waals surface area contributed by atoms with Gasteiger partial charge in [-0.3, -0.25) is 0 Å². The molecule has 1 N–H and O–H groups in total. The first-order valence-electron chi connectivity index (χ1n) is 3.78. The number of halogens is 2. The summed E-state index contributed by atoms with van der Waals surface area (Å²) in [5.74, 6) is 0. The van der Waals surface area contributed by atoms with E-state index in [1.165, 1.54) is 0 Å². The van der Waals surface area contributed by atoms with E-state index in [1.54, 1.807) is 18.2 Å². The maximum atomic E-state index is 9.49. The first-order chi connectivity index (χ1) is 5.65. The van der Waals surface area contributed by atoms with E-state index in [1.807, 2.05) is 6.92 Å². The zero-order chi connectivity index (χ0) is 9.14. The van der Waals surface area contributed by atoms with Crippen molar-refractivity contribution in [2.24, 2.45) is 0 Å². The maximum absolute atomic E-state index is 9.49. The van der Waals surface area contributed by atoms with Gasteiger partial charge in [0.15, 0.2) is 0 Å². The summed E-state index contributed by atoms with van der Waals surface area (Å²) in [4.78, 5) is 0. The first kappa shape index (κ1) is 9.85. The van der Waals surface area contributed by atoms with Crippen molar-refractivity contribution >= 4 is 23.2 Å². The van der Waals surface area contributed by atoms with Crippen LogP contribution in [0.5, 0.6) is 0 Å². The Morgan fingerprint density at radius 2 is 2.08 bits per heavy atom. The van der Waals surface area contributed by atoms with Crippen LogP contribution < -0.4 is 0 Å². The summed E-state index contributed by atoms with van der Waals surface area (Å²) in [6.07, 6.45) is 0.122. The maximum Gasteiger partial charge on any atom is 0.0802 e. The van der Waals surface area contributed by atoms with Gasteiger partial charge in [0.1, 0.15) is 0 Å². The number of rotatable bonds is 2. The second kappa shape index (κ2) is 4.13. The molecule has 0 radical (unpaired) electrons. The van der Waals surface area contributed by atoms with Crippen molar-refractivity contribution < 1.29 is 5.11 Å². The standard InChI is InChI=1S/C9H10Cl2O/c1-2-9(12)7-5-6(10)3-4-8(7)11/h3-5,9,12H,2H2,1H3/t9-/m0/s1. The number of aliphatic hydroxyl groups excluding tert-OH is 1. The van der Waals surface area contributed by atoms with Crippen LogP contribution in [0.15, 0.2) is 18.2 Å². The van der Waals surface area contributed by atoms with Gasteiger partial charge in [-0.15, -0.1) is 0 Å². The fraction of sp³-hybridized carbons (Fsp3) is 0.333. The van der Waals surface area contributed by atoms with Crippen LogP contribution in [0.2, 0.25) is 10.0 Å². The molecule has 0 fully saturated rings. The zero-order valence-electron chi connectivity index (χ0n) is 6.72. The van der Waals surface area contributed by atoms with Gasteiger partial charge in [-0.05, 0) is 24.6 Å². The SMILES string of the molecule is CC[C@H](O)c1cc(Cl)ccc1Cl. The molecule has 1 rings (SSSR count). The molecule has 0 aromatic heterocycles. The van der Waals surface area contributed by atoms with Crippen LogP contribution >= 0.6 is 23.2 Å². The molecule has 0 aliphatic rings. The molecule has 0 amide bonds. The largest absolute Gasteiger partial charge is 0.388 e. The number of benzene rings is 1. The summed E-state index contributed by atoms with van der Waals surface area (Å²) in [6, 6.07) is 5.09. The molecular formula is C9H10Cl2O. The molecule has 12 heavy (non-hydrogen) atoms. The molecule has 0 saturated carbocycles. The summed E-state index contributed by atoms with van der Waals surface area (Å²) in [5.41, 5.74) is 0.701.